The summed E-state index contributed by atoms with van der Waals surface area (Å²) in [6.07, 6.45) is 0. The van der Waals surface area contributed by atoms with Crippen LogP contribution in [0.3, 0.4) is 0 Å². The Morgan fingerprint density at radius 3 is 2.13 bits per heavy atom. The molecule has 0 unspecified atom stereocenters. The number of amides is 2. The van der Waals surface area contributed by atoms with E-state index in [2.05, 4.69) is 15.4 Å². The number of carbonyl (C=O) groups excluding carboxylic acids is 3. The summed E-state index contributed by atoms with van der Waals surface area (Å²) in [5, 5.41) is 5.28. The molecular weight excluding hydrogens is 296 g/mol. The summed E-state index contributed by atoms with van der Waals surface area (Å²) in [6, 6.07) is 12.5. The van der Waals surface area contributed by atoms with E-state index in [9.17, 15) is 14.4 Å². The number of hydrogen-bond donors (Lipinski definition) is 2. The number of rotatable bonds is 4. The van der Waals surface area contributed by atoms with Crippen molar-refractivity contribution in [1.82, 2.24) is 0 Å². The third-order valence-corrected chi connectivity index (χ3v) is 3.09. The van der Waals surface area contributed by atoms with Crippen LogP contribution in [0.25, 0.3) is 0 Å². The van der Waals surface area contributed by atoms with Gasteiger partial charge in [-0.2, -0.15) is 0 Å². The number of esters is 1. The first kappa shape index (κ1) is 16.2. The van der Waals surface area contributed by atoms with E-state index in [4.69, 9.17) is 0 Å². The zero-order chi connectivity index (χ0) is 16.8. The molecule has 6 nitrogen and oxygen atoms in total. The molecule has 0 saturated carbocycles. The number of ketones is 1. The monoisotopic (exact) mass is 312 g/mol. The minimum absolute atomic E-state index is 0.0764. The number of ether oxygens (including phenoxy) is 1. The molecular formula is C17H16N2O4. The Morgan fingerprint density at radius 2 is 1.52 bits per heavy atom. The summed E-state index contributed by atoms with van der Waals surface area (Å²) >= 11 is 0. The lowest BCUT2D eigenvalue weighted by molar-refractivity contribution is 0.0600. The Kier molecular flexibility index (Phi) is 5.09. The third-order valence-electron chi connectivity index (χ3n) is 3.09. The first-order valence-corrected chi connectivity index (χ1v) is 6.87. The molecule has 6 heteroatoms. The van der Waals surface area contributed by atoms with Gasteiger partial charge in [-0.25, -0.2) is 9.59 Å². The van der Waals surface area contributed by atoms with Crippen molar-refractivity contribution in [1.29, 1.82) is 0 Å². The molecule has 0 radical (unpaired) electrons. The van der Waals surface area contributed by atoms with Gasteiger partial charge in [0.2, 0.25) is 0 Å². The quantitative estimate of drug-likeness (QED) is 0.670. The molecule has 0 heterocycles. The number of benzene rings is 2. The third kappa shape index (κ3) is 4.41. The van der Waals surface area contributed by atoms with Crippen molar-refractivity contribution in [3.63, 3.8) is 0 Å². The van der Waals surface area contributed by atoms with Crippen molar-refractivity contribution in [3.8, 4) is 0 Å². The smallest absolute Gasteiger partial charge is 0.337 e. The fraction of sp³-hybridized carbons (Fsp3) is 0.118. The van der Waals surface area contributed by atoms with Crippen molar-refractivity contribution in [2.24, 2.45) is 0 Å². The second-order valence-corrected chi connectivity index (χ2v) is 4.79. The zero-order valence-corrected chi connectivity index (χ0v) is 12.8. The van der Waals surface area contributed by atoms with Crippen LogP contribution in [0.5, 0.6) is 0 Å². The summed E-state index contributed by atoms with van der Waals surface area (Å²) in [5.41, 5.74) is 1.96. The highest BCUT2D eigenvalue weighted by Crippen LogP contribution is 2.13. The minimum atomic E-state index is -0.448. The van der Waals surface area contributed by atoms with Gasteiger partial charge < -0.3 is 15.4 Å². The van der Waals surface area contributed by atoms with Crippen LogP contribution in [0.2, 0.25) is 0 Å². The van der Waals surface area contributed by atoms with Gasteiger partial charge in [-0.3, -0.25) is 4.79 Å². The van der Waals surface area contributed by atoms with Gasteiger partial charge in [-0.1, -0.05) is 12.1 Å². The molecule has 2 aromatic rings. The normalized spacial score (nSPS) is 9.83. The summed E-state index contributed by atoms with van der Waals surface area (Å²) in [4.78, 5) is 34.6. The number of carbonyl (C=O) groups is 3. The van der Waals surface area contributed by atoms with Crippen LogP contribution in [0.15, 0.2) is 48.5 Å². The van der Waals surface area contributed by atoms with E-state index in [-0.39, 0.29) is 5.78 Å². The first-order valence-electron chi connectivity index (χ1n) is 6.87. The Labute approximate surface area is 133 Å². The molecule has 0 aliphatic rings. The molecule has 0 aliphatic carbocycles. The average Bonchev–Trinajstić information content (AvgIpc) is 2.55. The lowest BCUT2D eigenvalue weighted by Crippen LogP contribution is -2.19. The summed E-state index contributed by atoms with van der Waals surface area (Å²) < 4.78 is 4.60. The molecule has 2 N–H and O–H groups in total. The van der Waals surface area contributed by atoms with Gasteiger partial charge in [0.15, 0.2) is 5.78 Å². The first-order chi connectivity index (χ1) is 11.0. The largest absolute Gasteiger partial charge is 0.465 e. The van der Waals surface area contributed by atoms with Crippen LogP contribution in [0, 0.1) is 0 Å². The maximum absolute atomic E-state index is 11.9. The fourth-order valence-electron chi connectivity index (χ4n) is 1.92. The van der Waals surface area contributed by atoms with Crippen LogP contribution < -0.4 is 10.6 Å². The van der Waals surface area contributed by atoms with Gasteiger partial charge in [-0.05, 0) is 43.3 Å². The second-order valence-electron chi connectivity index (χ2n) is 4.79. The van der Waals surface area contributed by atoms with Crippen LogP contribution in [0.1, 0.15) is 27.6 Å². The van der Waals surface area contributed by atoms with Crippen molar-refractivity contribution in [3.05, 3.63) is 59.7 Å². The van der Waals surface area contributed by atoms with E-state index in [1.54, 1.807) is 48.5 Å². The van der Waals surface area contributed by atoms with Crippen LogP contribution >= 0.6 is 0 Å². The Hall–Kier alpha value is -3.15. The lowest BCUT2D eigenvalue weighted by atomic mass is 10.1. The van der Waals surface area contributed by atoms with Crippen molar-refractivity contribution in [2.75, 3.05) is 17.7 Å². The highest BCUT2D eigenvalue weighted by atomic mass is 16.5. The van der Waals surface area contributed by atoms with Gasteiger partial charge in [0, 0.05) is 16.9 Å². The molecule has 2 aromatic carbocycles. The van der Waals surface area contributed by atoms with Crippen molar-refractivity contribution in [2.45, 2.75) is 6.92 Å². The molecule has 118 valence electrons. The SMILES string of the molecule is COC(=O)c1ccc(NC(=O)Nc2cccc(C(C)=O)c2)cc1. The molecule has 0 spiro atoms. The minimum Gasteiger partial charge on any atom is -0.465 e. The van der Waals surface area contributed by atoms with Gasteiger partial charge in [0.1, 0.15) is 0 Å². The zero-order valence-electron chi connectivity index (χ0n) is 12.8. The molecule has 0 atom stereocenters. The maximum Gasteiger partial charge on any atom is 0.337 e. The van der Waals surface area contributed by atoms with Gasteiger partial charge in [0.05, 0.1) is 12.7 Å². The second kappa shape index (κ2) is 7.22. The molecule has 23 heavy (non-hydrogen) atoms. The number of Topliss-reactive ketones (excluding diaryl/α,β-unsaturated/α-hetero) is 1. The predicted octanol–water partition coefficient (Wildman–Crippen LogP) is 3.32. The van der Waals surface area contributed by atoms with Gasteiger partial charge >= 0.3 is 12.0 Å². The molecule has 0 aromatic heterocycles. The number of anilines is 2. The standard InChI is InChI=1S/C17H16N2O4/c1-11(20)13-4-3-5-15(10-13)19-17(22)18-14-8-6-12(7-9-14)16(21)23-2/h3-10H,1-2H3,(H2,18,19,22). The Balaban J connectivity index is 2.01. The number of urea groups is 1. The summed E-state index contributed by atoms with van der Waals surface area (Å²) in [5.74, 6) is -0.519. The van der Waals surface area contributed by atoms with Crippen LogP contribution in [-0.4, -0.2) is 24.9 Å². The predicted molar refractivity (Wildman–Crippen MR) is 86.9 cm³/mol. The molecule has 2 rings (SSSR count). The number of nitrogens with one attached hydrogen (secondary N) is 2. The van der Waals surface area contributed by atoms with Gasteiger partial charge in [0.25, 0.3) is 0 Å². The van der Waals surface area contributed by atoms with E-state index in [1.165, 1.54) is 14.0 Å². The van der Waals surface area contributed by atoms with E-state index in [0.717, 1.165) is 0 Å². The Bertz CT molecular complexity index is 739. The molecule has 0 aliphatic heterocycles. The fourth-order valence-corrected chi connectivity index (χ4v) is 1.92. The van der Waals surface area contributed by atoms with Crippen molar-refractivity contribution < 1.29 is 19.1 Å². The van der Waals surface area contributed by atoms with E-state index < -0.39 is 12.0 Å². The van der Waals surface area contributed by atoms with Gasteiger partial charge in [-0.15, -0.1) is 0 Å². The molecule has 0 saturated heterocycles. The topological polar surface area (TPSA) is 84.5 Å². The van der Waals surface area contributed by atoms with Crippen LogP contribution in [0.4, 0.5) is 16.2 Å². The summed E-state index contributed by atoms with van der Waals surface area (Å²) in [6.45, 7) is 1.46. The highest BCUT2D eigenvalue weighted by molar-refractivity contribution is 6.01. The Morgan fingerprint density at radius 1 is 0.870 bits per heavy atom. The number of methoxy groups -OCH3 is 1. The van der Waals surface area contributed by atoms with E-state index >= 15 is 0 Å². The van der Waals surface area contributed by atoms with Crippen molar-refractivity contribution >= 4 is 29.2 Å². The highest BCUT2D eigenvalue weighted by Gasteiger charge is 2.07. The molecule has 2 amide bonds. The lowest BCUT2D eigenvalue weighted by Gasteiger charge is -2.09. The van der Waals surface area contributed by atoms with E-state index in [0.29, 0.717) is 22.5 Å². The van der Waals surface area contributed by atoms with E-state index in [1.807, 2.05) is 0 Å². The maximum atomic E-state index is 11.9. The summed E-state index contributed by atoms with van der Waals surface area (Å²) in [7, 11) is 1.30. The molecule has 0 fully saturated rings. The average molecular weight is 312 g/mol. The van der Waals surface area contributed by atoms with Crippen LogP contribution in [-0.2, 0) is 4.74 Å². The molecule has 0 bridgehead atoms. The number of hydrogen-bond acceptors (Lipinski definition) is 4.